The summed E-state index contributed by atoms with van der Waals surface area (Å²) in [6.07, 6.45) is 5.27. The number of halogens is 1. The van der Waals surface area contributed by atoms with Crippen LogP contribution < -0.4 is 21.3 Å². The Morgan fingerprint density at radius 3 is 2.59 bits per heavy atom. The van der Waals surface area contributed by atoms with Crippen LogP contribution in [0, 0.1) is 30.5 Å². The highest BCUT2D eigenvalue weighted by atomic mass is 19.1. The lowest BCUT2D eigenvalue weighted by Crippen LogP contribution is -2.34. The minimum atomic E-state index is -0.515. The van der Waals surface area contributed by atoms with Crippen LogP contribution in [0.2, 0.25) is 0 Å². The summed E-state index contributed by atoms with van der Waals surface area (Å²) in [5.74, 6) is 1.48. The monoisotopic (exact) mass is 530 g/mol. The maximum absolute atomic E-state index is 15.2. The molecule has 3 aromatic heterocycles. The summed E-state index contributed by atoms with van der Waals surface area (Å²) in [6, 6.07) is 6.63. The van der Waals surface area contributed by atoms with Crippen molar-refractivity contribution in [1.82, 2.24) is 24.8 Å². The maximum Gasteiger partial charge on any atom is 0.417 e. The zero-order valence-corrected chi connectivity index (χ0v) is 21.3. The lowest BCUT2D eigenvalue weighted by molar-refractivity contribution is -0.131. The van der Waals surface area contributed by atoms with Crippen molar-refractivity contribution < 1.29 is 13.6 Å². The van der Waals surface area contributed by atoms with Crippen molar-refractivity contribution in [3.63, 3.8) is 0 Å². The van der Waals surface area contributed by atoms with Crippen LogP contribution in [-0.4, -0.2) is 56.9 Å². The lowest BCUT2D eigenvalue weighted by atomic mass is 10.0. The van der Waals surface area contributed by atoms with E-state index in [-0.39, 0.29) is 11.9 Å². The van der Waals surface area contributed by atoms with E-state index in [4.69, 9.17) is 4.42 Å². The molecule has 1 saturated carbocycles. The highest BCUT2D eigenvalue weighted by Crippen LogP contribution is 2.38. The molecule has 0 spiro atoms. The molecule has 5 heterocycles. The third-order valence-corrected chi connectivity index (χ3v) is 7.76. The number of aromatic amines is 1. The molecule has 1 aliphatic carbocycles. The first-order chi connectivity index (χ1) is 18.9. The van der Waals surface area contributed by atoms with Gasteiger partial charge in [-0.05, 0) is 38.0 Å². The number of rotatable bonds is 6. The first-order valence-corrected chi connectivity index (χ1v) is 13.1. The fourth-order valence-corrected chi connectivity index (χ4v) is 5.59. The largest absolute Gasteiger partial charge is 0.417 e. The first kappa shape index (κ1) is 23.6. The highest BCUT2D eigenvalue weighted by molar-refractivity contribution is 5.81. The number of hydrogen-bond donors (Lipinski definition) is 3. The number of nitrogens with one attached hydrogen (secondary N) is 3. The third-order valence-electron chi connectivity index (χ3n) is 7.76. The fraction of sp³-hybridized carbons (Fsp3) is 0.370. The number of amides is 1. The number of oxazole rings is 1. The van der Waals surface area contributed by atoms with E-state index in [1.165, 1.54) is 6.07 Å². The molecule has 2 unspecified atom stereocenters. The molecule has 1 amide bonds. The lowest BCUT2D eigenvalue weighted by Gasteiger charge is -2.23. The Morgan fingerprint density at radius 1 is 1.05 bits per heavy atom. The quantitative estimate of drug-likeness (QED) is 0.342. The molecule has 1 aromatic carbocycles. The van der Waals surface area contributed by atoms with Crippen molar-refractivity contribution in [2.45, 2.75) is 19.8 Å². The number of carbonyl (C=O) groups is 1. The van der Waals surface area contributed by atoms with Crippen LogP contribution in [0.25, 0.3) is 11.1 Å². The van der Waals surface area contributed by atoms with Gasteiger partial charge in [0.1, 0.15) is 5.82 Å². The zero-order valence-electron chi connectivity index (χ0n) is 21.3. The number of aromatic nitrogens is 4. The molecule has 3 fully saturated rings. The molecule has 3 aliphatic rings. The van der Waals surface area contributed by atoms with Gasteiger partial charge in [0.15, 0.2) is 17.2 Å². The molecule has 4 aromatic rings. The summed E-state index contributed by atoms with van der Waals surface area (Å²) in [6.45, 7) is 4.78. The minimum Gasteiger partial charge on any atom is -0.408 e. The Hall–Kier alpha value is -4.48. The van der Waals surface area contributed by atoms with Crippen molar-refractivity contribution in [2.75, 3.05) is 41.7 Å². The molecule has 39 heavy (non-hydrogen) atoms. The van der Waals surface area contributed by atoms with Gasteiger partial charge in [-0.25, -0.2) is 19.2 Å². The average Bonchev–Trinajstić information content (AvgIpc) is 3.41. The number of likely N-dealkylation sites (tertiary alicyclic amines) is 1. The molecule has 200 valence electrons. The Labute approximate surface area is 222 Å². The molecule has 2 atom stereocenters. The number of pyridine rings is 1. The van der Waals surface area contributed by atoms with Crippen molar-refractivity contribution in [1.29, 1.82) is 0 Å². The average molecular weight is 531 g/mol. The molecule has 2 aliphatic heterocycles. The van der Waals surface area contributed by atoms with Crippen molar-refractivity contribution >= 4 is 46.0 Å². The van der Waals surface area contributed by atoms with Gasteiger partial charge in [0, 0.05) is 67.4 Å². The predicted molar refractivity (Wildman–Crippen MR) is 143 cm³/mol. The maximum atomic E-state index is 15.2. The predicted octanol–water partition coefficient (Wildman–Crippen LogP) is 3.55. The normalized spacial score (nSPS) is 20.5. The van der Waals surface area contributed by atoms with E-state index >= 15 is 4.39 Å². The van der Waals surface area contributed by atoms with Crippen LogP contribution >= 0.6 is 0 Å². The van der Waals surface area contributed by atoms with Gasteiger partial charge in [-0.2, -0.15) is 4.98 Å². The van der Waals surface area contributed by atoms with Crippen molar-refractivity contribution in [3.8, 4) is 0 Å². The van der Waals surface area contributed by atoms with Gasteiger partial charge < -0.3 is 24.9 Å². The van der Waals surface area contributed by atoms with Gasteiger partial charge >= 0.3 is 5.76 Å². The molecule has 7 rings (SSSR count). The van der Waals surface area contributed by atoms with Crippen LogP contribution in [-0.2, 0) is 4.79 Å². The summed E-state index contributed by atoms with van der Waals surface area (Å²) in [5, 5.41) is 6.25. The summed E-state index contributed by atoms with van der Waals surface area (Å²) in [5.41, 5.74) is 2.98. The van der Waals surface area contributed by atoms with Gasteiger partial charge in [-0.3, -0.25) is 9.78 Å². The zero-order chi connectivity index (χ0) is 26.7. The number of hydrogen-bond acceptors (Lipinski definition) is 9. The van der Waals surface area contributed by atoms with Gasteiger partial charge in [-0.1, -0.05) is 0 Å². The van der Waals surface area contributed by atoms with Gasteiger partial charge in [0.05, 0.1) is 17.4 Å². The SMILES string of the molecule is Cc1cnc(Nc2cnc(N3CC4CN(C(=O)C5CC5)CC4C3)c(F)c2)nc1Nc1ccc2oc(=O)[nH]c2c1. The van der Waals surface area contributed by atoms with E-state index in [0.717, 1.165) is 31.5 Å². The van der Waals surface area contributed by atoms with Gasteiger partial charge in [0.25, 0.3) is 0 Å². The number of fused-ring (bicyclic) bond motifs is 2. The third kappa shape index (κ3) is 4.55. The molecular weight excluding hydrogens is 503 g/mol. The minimum absolute atomic E-state index is 0.238. The van der Waals surface area contributed by atoms with Gasteiger partial charge in [-0.15, -0.1) is 0 Å². The fourth-order valence-electron chi connectivity index (χ4n) is 5.59. The number of aryl methyl sites for hydroxylation is 1. The van der Waals surface area contributed by atoms with E-state index < -0.39 is 11.6 Å². The van der Waals surface area contributed by atoms with Crippen LogP contribution in [0.1, 0.15) is 18.4 Å². The first-order valence-electron chi connectivity index (χ1n) is 13.1. The van der Waals surface area contributed by atoms with E-state index in [0.29, 0.717) is 64.9 Å². The number of H-pyrrole nitrogens is 1. The second-order valence-corrected chi connectivity index (χ2v) is 10.7. The number of benzene rings is 1. The molecule has 3 N–H and O–H groups in total. The summed E-state index contributed by atoms with van der Waals surface area (Å²) < 4.78 is 20.2. The van der Waals surface area contributed by atoms with Crippen LogP contribution in [0.15, 0.2) is 45.9 Å². The van der Waals surface area contributed by atoms with E-state index in [1.54, 1.807) is 30.6 Å². The van der Waals surface area contributed by atoms with Crippen molar-refractivity contribution in [3.05, 3.63) is 58.6 Å². The second kappa shape index (κ2) is 9.07. The van der Waals surface area contributed by atoms with E-state index in [9.17, 15) is 9.59 Å². The molecular formula is C27H27FN8O3. The molecule has 12 heteroatoms. The van der Waals surface area contributed by atoms with Crippen LogP contribution in [0.5, 0.6) is 0 Å². The molecule has 0 bridgehead atoms. The second-order valence-electron chi connectivity index (χ2n) is 10.7. The smallest absolute Gasteiger partial charge is 0.408 e. The molecule has 0 radical (unpaired) electrons. The Bertz CT molecular complexity index is 1630. The Balaban J connectivity index is 1.02. The Kier molecular flexibility index (Phi) is 5.49. The van der Waals surface area contributed by atoms with Crippen molar-refractivity contribution in [2.24, 2.45) is 17.8 Å². The number of carbonyl (C=O) groups excluding carboxylic acids is 1. The standard InChI is InChI=1S/C27H27FN8O3/c1-14-8-30-26(34-23(14)31-18-4-5-22-21(7-18)33-27(38)39-22)32-19-6-20(28)24(29-9-19)35-10-16-12-36(13-17(16)11-35)25(37)15-2-3-15/h4-9,15-17H,2-3,10-13H2,1H3,(H,33,38)(H2,30,31,32,34). The molecule has 11 nitrogen and oxygen atoms in total. The van der Waals surface area contributed by atoms with Crippen LogP contribution in [0.4, 0.5) is 33.3 Å². The number of nitrogens with zero attached hydrogens (tertiary/aromatic N) is 5. The van der Waals surface area contributed by atoms with Crippen LogP contribution in [0.3, 0.4) is 0 Å². The topological polar surface area (TPSA) is 132 Å². The summed E-state index contributed by atoms with van der Waals surface area (Å²) in [4.78, 5) is 43.7. The summed E-state index contributed by atoms with van der Waals surface area (Å²) >= 11 is 0. The van der Waals surface area contributed by atoms with Gasteiger partial charge in [0.2, 0.25) is 11.9 Å². The Morgan fingerprint density at radius 2 is 1.85 bits per heavy atom. The summed E-state index contributed by atoms with van der Waals surface area (Å²) in [7, 11) is 0. The van der Waals surface area contributed by atoms with E-state index in [1.807, 2.05) is 16.7 Å². The van der Waals surface area contributed by atoms with E-state index in [2.05, 4.69) is 30.6 Å². The highest BCUT2D eigenvalue weighted by Gasteiger charge is 2.45. The number of anilines is 5. The molecule has 2 saturated heterocycles.